The van der Waals surface area contributed by atoms with Crippen LogP contribution in [0.1, 0.15) is 27.9 Å². The van der Waals surface area contributed by atoms with E-state index < -0.39 is 5.82 Å². The van der Waals surface area contributed by atoms with Gasteiger partial charge >= 0.3 is 0 Å². The lowest BCUT2D eigenvalue weighted by Crippen LogP contribution is -2.17. The molecule has 2 nitrogen and oxygen atoms in total. The Morgan fingerprint density at radius 3 is 2.75 bits per heavy atom. The maximum atomic E-state index is 13.8. The lowest BCUT2D eigenvalue weighted by Gasteiger charge is -2.11. The summed E-state index contributed by atoms with van der Waals surface area (Å²) in [7, 11) is 0. The molecule has 86 valence electrons. The average Bonchev–Trinajstić information content (AvgIpc) is 2.67. The van der Waals surface area contributed by atoms with Crippen molar-refractivity contribution in [2.45, 2.75) is 20.3 Å². The van der Waals surface area contributed by atoms with Crippen molar-refractivity contribution in [2.75, 3.05) is 13.2 Å². The third kappa shape index (κ3) is 2.00. The average molecular weight is 222 g/mol. The number of aryl methyl sites for hydroxylation is 2. The molecule has 1 aliphatic rings. The van der Waals surface area contributed by atoms with Crippen molar-refractivity contribution in [3.8, 4) is 0 Å². The molecule has 1 heterocycles. The summed E-state index contributed by atoms with van der Waals surface area (Å²) in [6.45, 7) is 4.62. The van der Waals surface area contributed by atoms with Crippen LogP contribution < -0.4 is 0 Å². The first-order chi connectivity index (χ1) is 7.59. The Balaban J connectivity index is 2.35. The summed E-state index contributed by atoms with van der Waals surface area (Å²) in [5, 5.41) is 0. The summed E-state index contributed by atoms with van der Waals surface area (Å²) in [5.41, 5.74) is 1.80. The molecular weight excluding hydrogens is 207 g/mol. The highest BCUT2D eigenvalue weighted by Crippen LogP contribution is 2.23. The van der Waals surface area contributed by atoms with Crippen LogP contribution in [-0.4, -0.2) is 19.0 Å². The van der Waals surface area contributed by atoms with Crippen molar-refractivity contribution in [3.05, 3.63) is 34.6 Å². The lowest BCUT2D eigenvalue weighted by molar-refractivity contribution is 0.0895. The zero-order chi connectivity index (χ0) is 11.7. The Hall–Kier alpha value is -1.22. The predicted molar refractivity (Wildman–Crippen MR) is 59.1 cm³/mol. The fraction of sp³-hybridized carbons (Fsp3) is 0.462. The molecule has 1 atom stereocenters. The van der Waals surface area contributed by atoms with Crippen molar-refractivity contribution in [2.24, 2.45) is 5.92 Å². The summed E-state index contributed by atoms with van der Waals surface area (Å²) >= 11 is 0. The van der Waals surface area contributed by atoms with Crippen LogP contribution >= 0.6 is 0 Å². The third-order valence-corrected chi connectivity index (χ3v) is 2.98. The van der Waals surface area contributed by atoms with E-state index >= 15 is 0 Å². The van der Waals surface area contributed by atoms with Gasteiger partial charge in [-0.15, -0.1) is 0 Å². The van der Waals surface area contributed by atoms with E-state index in [2.05, 4.69) is 0 Å². The van der Waals surface area contributed by atoms with Crippen molar-refractivity contribution in [1.82, 2.24) is 0 Å². The van der Waals surface area contributed by atoms with Crippen LogP contribution in [0.5, 0.6) is 0 Å². The number of hydrogen-bond donors (Lipinski definition) is 0. The van der Waals surface area contributed by atoms with Crippen LogP contribution in [0, 0.1) is 25.6 Å². The normalized spacial score (nSPS) is 20.1. The van der Waals surface area contributed by atoms with Gasteiger partial charge in [-0.05, 0) is 37.5 Å². The number of hydrogen-bond acceptors (Lipinski definition) is 2. The summed E-state index contributed by atoms with van der Waals surface area (Å²) in [4.78, 5) is 12.1. The zero-order valence-corrected chi connectivity index (χ0v) is 9.55. The standard InChI is InChI=1S/C13H15FO2/c1-8-5-9(2)12(11(14)6-8)13(15)10-3-4-16-7-10/h5-6,10H,3-4,7H2,1-2H3. The van der Waals surface area contributed by atoms with E-state index in [4.69, 9.17) is 4.74 Å². The Morgan fingerprint density at radius 1 is 1.44 bits per heavy atom. The highest BCUT2D eigenvalue weighted by Gasteiger charge is 2.27. The topological polar surface area (TPSA) is 26.3 Å². The van der Waals surface area contributed by atoms with E-state index in [1.807, 2.05) is 13.0 Å². The molecule has 1 aliphatic heterocycles. The first-order valence-electron chi connectivity index (χ1n) is 5.48. The van der Waals surface area contributed by atoms with Gasteiger partial charge in [-0.1, -0.05) is 6.07 Å². The molecule has 1 saturated heterocycles. The molecule has 0 aliphatic carbocycles. The van der Waals surface area contributed by atoms with Crippen LogP contribution in [-0.2, 0) is 4.74 Å². The molecule has 0 saturated carbocycles. The molecule has 0 amide bonds. The number of ether oxygens (including phenoxy) is 1. The Kier molecular flexibility index (Phi) is 3.06. The van der Waals surface area contributed by atoms with Crippen molar-refractivity contribution in [1.29, 1.82) is 0 Å². The van der Waals surface area contributed by atoms with Crippen LogP contribution in [0.3, 0.4) is 0 Å². The van der Waals surface area contributed by atoms with E-state index in [0.717, 1.165) is 11.1 Å². The van der Waals surface area contributed by atoms with Gasteiger partial charge in [0.2, 0.25) is 0 Å². The second-order valence-corrected chi connectivity index (χ2v) is 4.36. The molecule has 1 unspecified atom stereocenters. The van der Waals surface area contributed by atoms with Crippen molar-refractivity contribution < 1.29 is 13.9 Å². The van der Waals surface area contributed by atoms with E-state index in [9.17, 15) is 9.18 Å². The highest BCUT2D eigenvalue weighted by atomic mass is 19.1. The van der Waals surface area contributed by atoms with E-state index in [1.165, 1.54) is 6.07 Å². The number of carbonyl (C=O) groups is 1. The van der Waals surface area contributed by atoms with Gasteiger partial charge in [-0.3, -0.25) is 4.79 Å². The fourth-order valence-electron chi connectivity index (χ4n) is 2.17. The first-order valence-corrected chi connectivity index (χ1v) is 5.48. The number of benzene rings is 1. The van der Waals surface area contributed by atoms with Gasteiger partial charge in [0.1, 0.15) is 5.82 Å². The fourth-order valence-corrected chi connectivity index (χ4v) is 2.17. The van der Waals surface area contributed by atoms with E-state index in [1.54, 1.807) is 6.92 Å². The molecule has 0 spiro atoms. The Labute approximate surface area is 94.4 Å². The van der Waals surface area contributed by atoms with Gasteiger partial charge in [-0.2, -0.15) is 0 Å². The van der Waals surface area contributed by atoms with Gasteiger partial charge in [-0.25, -0.2) is 4.39 Å². The monoisotopic (exact) mass is 222 g/mol. The third-order valence-electron chi connectivity index (χ3n) is 2.98. The zero-order valence-electron chi connectivity index (χ0n) is 9.55. The minimum Gasteiger partial charge on any atom is -0.381 e. The van der Waals surface area contributed by atoms with Crippen LogP contribution in [0.2, 0.25) is 0 Å². The highest BCUT2D eigenvalue weighted by molar-refractivity contribution is 5.99. The molecule has 1 aromatic carbocycles. The molecule has 0 radical (unpaired) electrons. The van der Waals surface area contributed by atoms with Crippen LogP contribution in [0.15, 0.2) is 12.1 Å². The van der Waals surface area contributed by atoms with Crippen molar-refractivity contribution >= 4 is 5.78 Å². The second-order valence-electron chi connectivity index (χ2n) is 4.36. The summed E-state index contributed by atoms with van der Waals surface area (Å²) in [5.74, 6) is -0.696. The quantitative estimate of drug-likeness (QED) is 0.719. The predicted octanol–water partition coefficient (Wildman–Crippen LogP) is 2.66. The van der Waals surface area contributed by atoms with Gasteiger partial charge in [0, 0.05) is 12.5 Å². The molecule has 1 fully saturated rings. The molecule has 16 heavy (non-hydrogen) atoms. The van der Waals surface area contributed by atoms with Crippen molar-refractivity contribution in [3.63, 3.8) is 0 Å². The maximum Gasteiger partial charge on any atom is 0.171 e. The first kappa shape index (κ1) is 11.3. The summed E-state index contributed by atoms with van der Waals surface area (Å²) < 4.78 is 18.9. The van der Waals surface area contributed by atoms with Gasteiger partial charge < -0.3 is 4.74 Å². The van der Waals surface area contributed by atoms with Crippen LogP contribution in [0.4, 0.5) is 4.39 Å². The number of ketones is 1. The molecule has 0 aromatic heterocycles. The van der Waals surface area contributed by atoms with Gasteiger partial charge in [0.25, 0.3) is 0 Å². The number of carbonyl (C=O) groups excluding carboxylic acids is 1. The number of halogens is 1. The molecular formula is C13H15FO2. The van der Waals surface area contributed by atoms with Gasteiger partial charge in [0.05, 0.1) is 12.2 Å². The maximum absolute atomic E-state index is 13.8. The van der Waals surface area contributed by atoms with Crippen LogP contribution in [0.25, 0.3) is 0 Å². The lowest BCUT2D eigenvalue weighted by atomic mass is 9.92. The van der Waals surface area contributed by atoms with E-state index in [0.29, 0.717) is 19.6 Å². The minimum atomic E-state index is -0.408. The minimum absolute atomic E-state index is 0.118. The Bertz CT molecular complexity index is 397. The smallest absolute Gasteiger partial charge is 0.171 e. The Morgan fingerprint density at radius 2 is 2.19 bits per heavy atom. The van der Waals surface area contributed by atoms with E-state index in [-0.39, 0.29) is 17.3 Å². The SMILES string of the molecule is Cc1cc(C)c(C(=O)C2CCOC2)c(F)c1. The largest absolute Gasteiger partial charge is 0.381 e. The molecule has 3 heteroatoms. The van der Waals surface area contributed by atoms with Gasteiger partial charge in [0.15, 0.2) is 5.78 Å². The second kappa shape index (κ2) is 4.34. The molecule has 1 aromatic rings. The number of Topliss-reactive ketones (excluding diaryl/α,β-unsaturated/α-hetero) is 1. The molecule has 0 N–H and O–H groups in total. The molecule has 0 bridgehead atoms. The summed E-state index contributed by atoms with van der Waals surface area (Å²) in [6.07, 6.45) is 0.700. The summed E-state index contributed by atoms with van der Waals surface area (Å²) in [6, 6.07) is 3.25. The number of rotatable bonds is 2. The molecule has 2 rings (SSSR count).